The van der Waals surface area contributed by atoms with Crippen LogP contribution < -0.4 is 0 Å². The summed E-state index contributed by atoms with van der Waals surface area (Å²) in [7, 11) is 0. The molecule has 0 saturated heterocycles. The third-order valence-electron chi connectivity index (χ3n) is 3.20. The molecule has 0 N–H and O–H groups in total. The third kappa shape index (κ3) is 2.98. The predicted octanol–water partition coefficient (Wildman–Crippen LogP) is 5.11. The van der Waals surface area contributed by atoms with Crippen LogP contribution >= 0.6 is 63.7 Å². The first-order valence-corrected chi connectivity index (χ1v) is 8.67. The van der Waals surface area contributed by atoms with Crippen LogP contribution in [-0.4, -0.2) is 19.3 Å². The normalized spacial score (nSPS) is 43.3. The first-order valence-electron chi connectivity index (χ1n) is 4.93. The van der Waals surface area contributed by atoms with Gasteiger partial charge in [-0.05, 0) is 31.6 Å². The summed E-state index contributed by atoms with van der Waals surface area (Å²) in [6.45, 7) is 4.60. The van der Waals surface area contributed by atoms with Crippen molar-refractivity contribution < 1.29 is 0 Å². The Morgan fingerprint density at radius 1 is 1.21 bits per heavy atom. The second kappa shape index (κ2) is 5.50. The number of alkyl halides is 4. The zero-order valence-corrected chi connectivity index (χ0v) is 14.8. The number of hydrogen-bond donors (Lipinski definition) is 0. The quantitative estimate of drug-likeness (QED) is 0.508. The van der Waals surface area contributed by atoms with E-state index in [1.54, 1.807) is 0 Å². The summed E-state index contributed by atoms with van der Waals surface area (Å²) in [6, 6.07) is 0. The van der Waals surface area contributed by atoms with Gasteiger partial charge in [-0.2, -0.15) is 0 Å². The summed E-state index contributed by atoms with van der Waals surface area (Å²) in [5.74, 6) is 1.46. The van der Waals surface area contributed by atoms with E-state index in [9.17, 15) is 0 Å². The maximum atomic E-state index is 3.84. The highest BCUT2D eigenvalue weighted by Crippen LogP contribution is 2.46. The van der Waals surface area contributed by atoms with E-state index in [2.05, 4.69) is 77.6 Å². The molecule has 1 fully saturated rings. The molecule has 1 rings (SSSR count). The number of hydrogen-bond acceptors (Lipinski definition) is 0. The summed E-state index contributed by atoms with van der Waals surface area (Å²) in [5, 5.41) is 1.00. The highest BCUT2D eigenvalue weighted by Gasteiger charge is 2.42. The molecule has 84 valence electrons. The summed E-state index contributed by atoms with van der Waals surface area (Å²) >= 11 is 15.1. The Hall–Kier alpha value is 1.92. The molecule has 0 aliphatic heterocycles. The van der Waals surface area contributed by atoms with E-state index < -0.39 is 0 Å². The molecular formula is C10H16Br4. The summed E-state index contributed by atoms with van der Waals surface area (Å²) in [4.78, 5) is 1.16. The average molecular weight is 456 g/mol. The summed E-state index contributed by atoms with van der Waals surface area (Å²) in [6.07, 6.45) is 2.61. The van der Waals surface area contributed by atoms with Crippen molar-refractivity contribution in [1.29, 1.82) is 0 Å². The van der Waals surface area contributed by atoms with Gasteiger partial charge < -0.3 is 0 Å². The van der Waals surface area contributed by atoms with Crippen LogP contribution in [0.3, 0.4) is 0 Å². The van der Waals surface area contributed by atoms with Gasteiger partial charge in [-0.25, -0.2) is 0 Å². The highest BCUT2D eigenvalue weighted by molar-refractivity contribution is 9.13. The lowest BCUT2D eigenvalue weighted by atomic mass is 9.77. The molecule has 1 aliphatic carbocycles. The largest absolute Gasteiger partial charge is 0.0913 e. The fourth-order valence-corrected chi connectivity index (χ4v) is 5.31. The molecule has 0 aromatic carbocycles. The molecule has 4 heteroatoms. The zero-order chi connectivity index (χ0) is 10.9. The minimum atomic E-state index is 0.202. The molecule has 5 unspecified atom stereocenters. The fraction of sp³-hybridized carbons (Fsp3) is 1.00. The molecule has 0 amide bonds. The highest BCUT2D eigenvalue weighted by atomic mass is 79.9. The minimum absolute atomic E-state index is 0.202. The number of rotatable bonds is 2. The molecule has 0 aromatic heterocycles. The molecule has 5 atom stereocenters. The summed E-state index contributed by atoms with van der Waals surface area (Å²) in [5.41, 5.74) is 0. The second-order valence-corrected chi connectivity index (χ2v) is 8.95. The van der Waals surface area contributed by atoms with Crippen LogP contribution in [0.2, 0.25) is 0 Å². The molecule has 0 heterocycles. The van der Waals surface area contributed by atoms with E-state index in [1.807, 2.05) is 0 Å². The third-order valence-corrected chi connectivity index (χ3v) is 9.37. The molecule has 0 spiro atoms. The maximum absolute atomic E-state index is 3.84. The van der Waals surface area contributed by atoms with E-state index in [1.165, 1.54) is 12.8 Å². The molecule has 0 radical (unpaired) electrons. The van der Waals surface area contributed by atoms with Crippen molar-refractivity contribution in [2.45, 2.75) is 40.7 Å². The van der Waals surface area contributed by atoms with Gasteiger partial charge in [0, 0.05) is 19.3 Å². The molecule has 0 aromatic rings. The summed E-state index contributed by atoms with van der Waals surface area (Å²) < 4.78 is 0.202. The molecule has 1 aliphatic rings. The van der Waals surface area contributed by atoms with Crippen LogP contribution in [0, 0.1) is 11.8 Å². The van der Waals surface area contributed by atoms with Crippen LogP contribution in [0.5, 0.6) is 0 Å². The van der Waals surface area contributed by atoms with Gasteiger partial charge in [0.05, 0.1) is 0 Å². The lowest BCUT2D eigenvalue weighted by molar-refractivity contribution is 0.283. The Morgan fingerprint density at radius 3 is 2.29 bits per heavy atom. The van der Waals surface area contributed by atoms with Crippen LogP contribution in [0.15, 0.2) is 0 Å². The molecule has 14 heavy (non-hydrogen) atoms. The van der Waals surface area contributed by atoms with E-state index in [-0.39, 0.29) is 4.32 Å². The van der Waals surface area contributed by atoms with Crippen LogP contribution in [0.1, 0.15) is 26.7 Å². The van der Waals surface area contributed by atoms with Crippen LogP contribution in [0.4, 0.5) is 0 Å². The predicted molar refractivity (Wildman–Crippen MR) is 78.4 cm³/mol. The number of halogens is 4. The van der Waals surface area contributed by atoms with Crippen molar-refractivity contribution in [2.24, 2.45) is 11.8 Å². The zero-order valence-electron chi connectivity index (χ0n) is 8.44. The van der Waals surface area contributed by atoms with E-state index in [0.29, 0.717) is 15.6 Å². The van der Waals surface area contributed by atoms with Crippen molar-refractivity contribution in [3.63, 3.8) is 0 Å². The Labute approximate surface area is 120 Å². The monoisotopic (exact) mass is 452 g/mol. The van der Waals surface area contributed by atoms with Gasteiger partial charge in [-0.3, -0.25) is 0 Å². The maximum Gasteiger partial charge on any atom is 0.0365 e. The Bertz CT molecular complexity index is 193. The Kier molecular flexibility index (Phi) is 5.50. The second-order valence-electron chi connectivity index (χ2n) is 4.46. The fourth-order valence-electron chi connectivity index (χ4n) is 2.03. The SMILES string of the molecule is CC1CCC(C(C)(Br)CBr)C(Br)C1Br. The van der Waals surface area contributed by atoms with Gasteiger partial charge in [-0.1, -0.05) is 70.6 Å². The topological polar surface area (TPSA) is 0 Å². The lowest BCUT2D eigenvalue weighted by Gasteiger charge is -2.42. The van der Waals surface area contributed by atoms with Gasteiger partial charge in [0.15, 0.2) is 0 Å². The van der Waals surface area contributed by atoms with Gasteiger partial charge in [0.25, 0.3) is 0 Å². The first kappa shape index (κ1) is 14.0. The smallest absolute Gasteiger partial charge is 0.0365 e. The van der Waals surface area contributed by atoms with Gasteiger partial charge in [-0.15, -0.1) is 0 Å². The Morgan fingerprint density at radius 2 is 1.79 bits per heavy atom. The van der Waals surface area contributed by atoms with Crippen molar-refractivity contribution >= 4 is 63.7 Å². The van der Waals surface area contributed by atoms with Gasteiger partial charge in [0.1, 0.15) is 0 Å². The van der Waals surface area contributed by atoms with E-state index >= 15 is 0 Å². The molecule has 0 nitrogen and oxygen atoms in total. The van der Waals surface area contributed by atoms with Crippen LogP contribution in [0.25, 0.3) is 0 Å². The average Bonchev–Trinajstić information content (AvgIpc) is 2.14. The lowest BCUT2D eigenvalue weighted by Crippen LogP contribution is -2.44. The van der Waals surface area contributed by atoms with Crippen LogP contribution in [-0.2, 0) is 0 Å². The van der Waals surface area contributed by atoms with E-state index in [4.69, 9.17) is 0 Å². The van der Waals surface area contributed by atoms with Crippen molar-refractivity contribution in [1.82, 2.24) is 0 Å². The standard InChI is InChI=1S/C10H16Br4/c1-6-3-4-7(9(13)8(6)12)10(2,14)5-11/h6-9H,3-5H2,1-2H3. The van der Waals surface area contributed by atoms with Crippen molar-refractivity contribution in [2.75, 3.05) is 5.33 Å². The molecule has 1 saturated carbocycles. The molecule has 0 bridgehead atoms. The van der Waals surface area contributed by atoms with E-state index in [0.717, 1.165) is 11.2 Å². The van der Waals surface area contributed by atoms with Gasteiger partial charge >= 0.3 is 0 Å². The minimum Gasteiger partial charge on any atom is -0.0913 e. The first-order chi connectivity index (χ1) is 6.40. The van der Waals surface area contributed by atoms with Crippen molar-refractivity contribution in [3.8, 4) is 0 Å². The van der Waals surface area contributed by atoms with Gasteiger partial charge in [0.2, 0.25) is 0 Å². The Balaban J connectivity index is 2.72. The molecular weight excluding hydrogens is 440 g/mol. The van der Waals surface area contributed by atoms with Crippen molar-refractivity contribution in [3.05, 3.63) is 0 Å².